The van der Waals surface area contributed by atoms with Crippen LogP contribution >= 0.6 is 0 Å². The Morgan fingerprint density at radius 2 is 1.94 bits per heavy atom. The van der Waals surface area contributed by atoms with Crippen LogP contribution in [-0.2, 0) is 0 Å². The van der Waals surface area contributed by atoms with Gasteiger partial charge in [-0.15, -0.1) is 0 Å². The van der Waals surface area contributed by atoms with E-state index in [0.29, 0.717) is 5.92 Å². The first-order valence-corrected chi connectivity index (χ1v) is 5.93. The van der Waals surface area contributed by atoms with Gasteiger partial charge < -0.3 is 4.90 Å². The molecule has 0 aromatic heterocycles. The van der Waals surface area contributed by atoms with E-state index < -0.39 is 0 Å². The van der Waals surface area contributed by atoms with Crippen LogP contribution < -0.4 is 0 Å². The molecule has 0 heterocycles. The fourth-order valence-electron chi connectivity index (χ4n) is 2.25. The van der Waals surface area contributed by atoms with Gasteiger partial charge in [-0.2, -0.15) is 0 Å². The van der Waals surface area contributed by atoms with E-state index in [1.54, 1.807) is 0 Å². The zero-order valence-electron chi connectivity index (χ0n) is 11.1. The molecule has 88 valence electrons. The zero-order valence-corrected chi connectivity index (χ0v) is 11.1. The zero-order chi connectivity index (χ0) is 12.1. The molecule has 1 aromatic rings. The molecule has 0 fully saturated rings. The second-order valence-corrected chi connectivity index (χ2v) is 4.72. The first-order chi connectivity index (χ1) is 7.56. The summed E-state index contributed by atoms with van der Waals surface area (Å²) in [6.07, 6.45) is 2.25. The molecule has 1 nitrogen and oxygen atoms in total. The maximum Gasteiger partial charge on any atom is 0.00416 e. The van der Waals surface area contributed by atoms with Gasteiger partial charge in [-0.1, -0.05) is 37.3 Å². The van der Waals surface area contributed by atoms with Crippen molar-refractivity contribution in [2.45, 2.75) is 20.8 Å². The molecule has 1 aromatic carbocycles. The molecule has 1 atom stereocenters. The highest BCUT2D eigenvalue weighted by Gasteiger charge is 2.12. The van der Waals surface area contributed by atoms with Crippen LogP contribution in [0.2, 0.25) is 0 Å². The third-order valence-corrected chi connectivity index (χ3v) is 2.94. The summed E-state index contributed by atoms with van der Waals surface area (Å²) < 4.78 is 0. The normalized spacial score (nSPS) is 14.2. The lowest BCUT2D eigenvalue weighted by Crippen LogP contribution is -2.20. The van der Waals surface area contributed by atoms with Crippen molar-refractivity contribution in [1.82, 2.24) is 4.90 Å². The van der Waals surface area contributed by atoms with E-state index >= 15 is 0 Å². The second kappa shape index (κ2) is 5.86. The minimum Gasteiger partial charge on any atom is -0.309 e. The molecule has 0 spiro atoms. The molecule has 16 heavy (non-hydrogen) atoms. The Hall–Kier alpha value is -1.08. The second-order valence-electron chi connectivity index (χ2n) is 4.72. The quantitative estimate of drug-likeness (QED) is 0.745. The summed E-state index contributed by atoms with van der Waals surface area (Å²) in [4.78, 5) is 2.24. The number of allylic oxidation sites excluding steroid dienone is 1. The largest absolute Gasteiger partial charge is 0.309 e. The van der Waals surface area contributed by atoms with Gasteiger partial charge >= 0.3 is 0 Å². The summed E-state index contributed by atoms with van der Waals surface area (Å²) in [6.45, 7) is 7.70. The monoisotopic (exact) mass is 217 g/mol. The van der Waals surface area contributed by atoms with Gasteiger partial charge in [0.15, 0.2) is 0 Å². The molecule has 0 saturated heterocycles. The Bertz CT molecular complexity index is 363. The smallest absolute Gasteiger partial charge is 0.00416 e. The summed E-state index contributed by atoms with van der Waals surface area (Å²) in [7, 11) is 4.25. The number of hydrogen-bond acceptors (Lipinski definition) is 1. The number of benzene rings is 1. The van der Waals surface area contributed by atoms with Gasteiger partial charge in [0.25, 0.3) is 0 Å². The van der Waals surface area contributed by atoms with E-state index in [2.05, 4.69) is 70.1 Å². The molecule has 1 rings (SSSR count). The summed E-state index contributed by atoms with van der Waals surface area (Å²) in [5, 5.41) is 0. The van der Waals surface area contributed by atoms with Crippen LogP contribution in [0.1, 0.15) is 25.0 Å². The molecular formula is C15H23N. The van der Waals surface area contributed by atoms with Crippen molar-refractivity contribution in [2.75, 3.05) is 20.6 Å². The van der Waals surface area contributed by atoms with E-state index in [9.17, 15) is 0 Å². The van der Waals surface area contributed by atoms with Crippen molar-refractivity contribution in [3.63, 3.8) is 0 Å². The third kappa shape index (κ3) is 3.21. The molecule has 1 unspecified atom stereocenters. The number of rotatable bonds is 4. The Balaban J connectivity index is 2.96. The molecule has 0 aliphatic carbocycles. The standard InChI is InChI=1S/C15H23N/c1-6-14(13(3)11-16(4)5)15-10-8-7-9-12(15)2/h6-10,13H,11H2,1-5H3/b14-6-. The van der Waals surface area contributed by atoms with Crippen molar-refractivity contribution in [2.24, 2.45) is 5.92 Å². The van der Waals surface area contributed by atoms with Gasteiger partial charge in [0.2, 0.25) is 0 Å². The van der Waals surface area contributed by atoms with Crippen LogP contribution in [0.4, 0.5) is 0 Å². The third-order valence-electron chi connectivity index (χ3n) is 2.94. The molecule has 0 N–H and O–H groups in total. The predicted octanol–water partition coefficient (Wildman–Crippen LogP) is 3.60. The summed E-state index contributed by atoms with van der Waals surface area (Å²) in [5.74, 6) is 0.570. The summed E-state index contributed by atoms with van der Waals surface area (Å²) in [6, 6.07) is 8.62. The topological polar surface area (TPSA) is 3.24 Å². The highest BCUT2D eigenvalue weighted by atomic mass is 15.1. The average molecular weight is 217 g/mol. The van der Waals surface area contributed by atoms with Crippen LogP contribution in [0.25, 0.3) is 5.57 Å². The SMILES string of the molecule is C/C=C(\c1ccccc1C)C(C)CN(C)C. The van der Waals surface area contributed by atoms with E-state index in [1.165, 1.54) is 16.7 Å². The van der Waals surface area contributed by atoms with E-state index in [1.807, 2.05) is 0 Å². The van der Waals surface area contributed by atoms with Gasteiger partial charge in [-0.25, -0.2) is 0 Å². The van der Waals surface area contributed by atoms with Crippen molar-refractivity contribution in [3.05, 3.63) is 41.5 Å². The Kier molecular flexibility index (Phi) is 4.75. The van der Waals surface area contributed by atoms with Gasteiger partial charge in [0.05, 0.1) is 0 Å². The van der Waals surface area contributed by atoms with Crippen LogP contribution in [0.5, 0.6) is 0 Å². The van der Waals surface area contributed by atoms with E-state index in [0.717, 1.165) is 6.54 Å². The average Bonchev–Trinajstić information content (AvgIpc) is 2.20. The maximum atomic E-state index is 2.29. The van der Waals surface area contributed by atoms with Crippen LogP contribution in [0.3, 0.4) is 0 Å². The molecule has 0 aliphatic rings. The van der Waals surface area contributed by atoms with Crippen molar-refractivity contribution in [3.8, 4) is 0 Å². The highest BCUT2D eigenvalue weighted by Crippen LogP contribution is 2.26. The predicted molar refractivity (Wildman–Crippen MR) is 72.5 cm³/mol. The molecule has 1 heteroatoms. The van der Waals surface area contributed by atoms with E-state index in [-0.39, 0.29) is 0 Å². The summed E-state index contributed by atoms with van der Waals surface area (Å²) in [5.41, 5.74) is 4.20. The molecular weight excluding hydrogens is 194 g/mol. The van der Waals surface area contributed by atoms with Crippen LogP contribution in [0, 0.1) is 12.8 Å². The van der Waals surface area contributed by atoms with Crippen molar-refractivity contribution in [1.29, 1.82) is 0 Å². The maximum absolute atomic E-state index is 2.29. The van der Waals surface area contributed by atoms with Crippen LogP contribution in [0.15, 0.2) is 30.3 Å². The Morgan fingerprint density at radius 3 is 2.44 bits per heavy atom. The first-order valence-electron chi connectivity index (χ1n) is 5.93. The number of hydrogen-bond donors (Lipinski definition) is 0. The van der Waals surface area contributed by atoms with Gasteiger partial charge in [-0.05, 0) is 50.6 Å². The lowest BCUT2D eigenvalue weighted by Gasteiger charge is -2.21. The van der Waals surface area contributed by atoms with Crippen LogP contribution in [-0.4, -0.2) is 25.5 Å². The molecule has 0 bridgehead atoms. The van der Waals surface area contributed by atoms with E-state index in [4.69, 9.17) is 0 Å². The highest BCUT2D eigenvalue weighted by molar-refractivity contribution is 5.69. The Labute approximate surface area is 99.8 Å². The minimum atomic E-state index is 0.570. The van der Waals surface area contributed by atoms with Gasteiger partial charge in [0.1, 0.15) is 0 Å². The fraction of sp³-hybridized carbons (Fsp3) is 0.467. The minimum absolute atomic E-state index is 0.570. The number of nitrogens with zero attached hydrogens (tertiary/aromatic N) is 1. The van der Waals surface area contributed by atoms with Gasteiger partial charge in [0, 0.05) is 6.54 Å². The van der Waals surface area contributed by atoms with Crippen molar-refractivity contribution < 1.29 is 0 Å². The first kappa shape index (κ1) is 13.0. The van der Waals surface area contributed by atoms with Crippen molar-refractivity contribution >= 4 is 5.57 Å². The molecule has 0 saturated carbocycles. The molecule has 0 aliphatic heterocycles. The lowest BCUT2D eigenvalue weighted by molar-refractivity contribution is 0.376. The Morgan fingerprint density at radius 1 is 1.31 bits per heavy atom. The molecule has 0 amide bonds. The summed E-state index contributed by atoms with van der Waals surface area (Å²) >= 11 is 0. The lowest BCUT2D eigenvalue weighted by atomic mass is 9.90. The molecule has 0 radical (unpaired) electrons. The van der Waals surface area contributed by atoms with Gasteiger partial charge in [-0.3, -0.25) is 0 Å². The fourth-order valence-corrected chi connectivity index (χ4v) is 2.25. The number of aryl methyl sites for hydroxylation is 1.